The van der Waals surface area contributed by atoms with Crippen molar-refractivity contribution in [3.05, 3.63) is 41.2 Å². The van der Waals surface area contributed by atoms with E-state index in [0.717, 1.165) is 24.1 Å². The number of anilines is 1. The predicted octanol–water partition coefficient (Wildman–Crippen LogP) is 3.46. The lowest BCUT2D eigenvalue weighted by Crippen LogP contribution is -2.07. The molecule has 1 aromatic carbocycles. The van der Waals surface area contributed by atoms with Crippen LogP contribution in [-0.4, -0.2) is 10.1 Å². The van der Waals surface area contributed by atoms with Gasteiger partial charge in [-0.3, -0.25) is 0 Å². The third-order valence-electron chi connectivity index (χ3n) is 2.89. The summed E-state index contributed by atoms with van der Waals surface area (Å²) in [5.74, 6) is 0.658. The number of nitriles is 1. The number of thiocarbonyl (C=S) groups is 1. The third kappa shape index (κ3) is 3.08. The predicted molar refractivity (Wildman–Crippen MR) is 75.6 cm³/mol. The number of benzene rings is 1. The quantitative estimate of drug-likeness (QED) is 0.495. The van der Waals surface area contributed by atoms with E-state index in [1.54, 1.807) is 18.2 Å². The number of hydrogen-bond donors (Lipinski definition) is 2. The highest BCUT2D eigenvalue weighted by Gasteiger charge is 2.25. The first-order valence-corrected chi connectivity index (χ1v) is 6.23. The molecule has 0 heterocycles. The minimum Gasteiger partial charge on any atom is -0.512 e. The van der Waals surface area contributed by atoms with Gasteiger partial charge in [0.05, 0.1) is 17.4 Å². The second-order valence-corrected chi connectivity index (χ2v) is 4.91. The van der Waals surface area contributed by atoms with Gasteiger partial charge in [-0.05, 0) is 43.5 Å². The average molecular weight is 258 g/mol. The summed E-state index contributed by atoms with van der Waals surface area (Å²) < 4.78 is 0. The first-order chi connectivity index (χ1) is 8.60. The first kappa shape index (κ1) is 12.6. The molecule has 1 aliphatic carbocycles. The van der Waals surface area contributed by atoms with Crippen LogP contribution >= 0.6 is 12.2 Å². The maximum Gasteiger partial charge on any atom is 0.107 e. The van der Waals surface area contributed by atoms with Crippen molar-refractivity contribution in [2.24, 2.45) is 5.92 Å². The van der Waals surface area contributed by atoms with Gasteiger partial charge in [0.1, 0.15) is 4.99 Å². The molecule has 92 valence electrons. The number of nitrogens with one attached hydrogen (secondary N) is 1. The molecule has 3 nitrogen and oxygen atoms in total. The van der Waals surface area contributed by atoms with Crippen molar-refractivity contribution in [2.75, 3.05) is 5.32 Å². The van der Waals surface area contributed by atoms with Gasteiger partial charge in [0.25, 0.3) is 0 Å². The molecular formula is C14H14N2OS. The Balaban J connectivity index is 2.05. The van der Waals surface area contributed by atoms with E-state index in [1.165, 1.54) is 0 Å². The van der Waals surface area contributed by atoms with Crippen LogP contribution in [0.25, 0.3) is 0 Å². The van der Waals surface area contributed by atoms with Crippen molar-refractivity contribution in [2.45, 2.75) is 19.8 Å². The molecule has 0 spiro atoms. The van der Waals surface area contributed by atoms with E-state index in [1.807, 2.05) is 13.0 Å². The molecule has 2 N–H and O–H groups in total. The topological polar surface area (TPSA) is 56.0 Å². The highest BCUT2D eigenvalue weighted by molar-refractivity contribution is 7.81. The van der Waals surface area contributed by atoms with E-state index in [2.05, 4.69) is 11.4 Å². The molecule has 18 heavy (non-hydrogen) atoms. The molecular weight excluding hydrogens is 244 g/mol. The second kappa shape index (κ2) is 5.19. The molecule has 0 atom stereocenters. The normalized spacial score (nSPS) is 15.0. The number of rotatable bonds is 3. The van der Waals surface area contributed by atoms with Gasteiger partial charge in [-0.15, -0.1) is 0 Å². The Hall–Kier alpha value is -1.86. The molecule has 0 unspecified atom stereocenters. The molecule has 4 heteroatoms. The minimum absolute atomic E-state index is 0.299. The second-order valence-electron chi connectivity index (χ2n) is 4.47. The highest BCUT2D eigenvalue weighted by atomic mass is 32.1. The summed E-state index contributed by atoms with van der Waals surface area (Å²) >= 11 is 5.15. The van der Waals surface area contributed by atoms with Crippen LogP contribution < -0.4 is 5.32 Å². The minimum atomic E-state index is 0.299. The summed E-state index contributed by atoms with van der Waals surface area (Å²) in [5, 5.41) is 21.5. The molecule has 0 saturated heterocycles. The Bertz CT molecular complexity index is 553. The summed E-state index contributed by atoms with van der Waals surface area (Å²) in [5.41, 5.74) is 2.39. The van der Waals surface area contributed by atoms with E-state index >= 15 is 0 Å². The molecule has 1 fully saturated rings. The fraction of sp³-hybridized carbons (Fsp3) is 0.286. The number of nitrogens with zero attached hydrogens (tertiary/aromatic N) is 1. The van der Waals surface area contributed by atoms with Crippen molar-refractivity contribution in [3.8, 4) is 6.07 Å². The summed E-state index contributed by atoms with van der Waals surface area (Å²) in [4.78, 5) is 0.489. The fourth-order valence-electron chi connectivity index (χ4n) is 1.68. The summed E-state index contributed by atoms with van der Waals surface area (Å²) in [6, 6.07) is 7.55. The molecule has 0 bridgehead atoms. The van der Waals surface area contributed by atoms with Crippen LogP contribution in [0.3, 0.4) is 0 Å². The van der Waals surface area contributed by atoms with E-state index in [4.69, 9.17) is 17.5 Å². The largest absolute Gasteiger partial charge is 0.512 e. The average Bonchev–Trinajstić information content (AvgIpc) is 3.12. The molecule has 2 rings (SSSR count). The van der Waals surface area contributed by atoms with Crippen LogP contribution in [0.15, 0.2) is 30.0 Å². The van der Waals surface area contributed by atoms with Gasteiger partial charge in [0.2, 0.25) is 0 Å². The van der Waals surface area contributed by atoms with Crippen LogP contribution in [0.2, 0.25) is 0 Å². The zero-order valence-electron chi connectivity index (χ0n) is 10.1. The Morgan fingerprint density at radius 1 is 1.56 bits per heavy atom. The lowest BCUT2D eigenvalue weighted by atomic mass is 10.1. The Morgan fingerprint density at radius 2 is 2.28 bits per heavy atom. The maximum atomic E-state index is 9.66. The van der Waals surface area contributed by atoms with E-state index in [-0.39, 0.29) is 0 Å². The van der Waals surface area contributed by atoms with Gasteiger partial charge < -0.3 is 10.4 Å². The molecule has 1 aliphatic rings. The van der Waals surface area contributed by atoms with Gasteiger partial charge >= 0.3 is 0 Å². The lowest BCUT2D eigenvalue weighted by molar-refractivity contribution is 0.380. The van der Waals surface area contributed by atoms with Crippen LogP contribution in [0.5, 0.6) is 0 Å². The lowest BCUT2D eigenvalue weighted by Gasteiger charge is -2.07. The molecule has 1 saturated carbocycles. The Morgan fingerprint density at radius 3 is 2.83 bits per heavy atom. The van der Waals surface area contributed by atoms with Crippen LogP contribution in [0, 0.1) is 24.2 Å². The summed E-state index contributed by atoms with van der Waals surface area (Å²) in [6.07, 6.45) is 3.68. The smallest absolute Gasteiger partial charge is 0.107 e. The third-order valence-corrected chi connectivity index (χ3v) is 3.11. The van der Waals surface area contributed by atoms with Crippen molar-refractivity contribution in [3.63, 3.8) is 0 Å². The van der Waals surface area contributed by atoms with E-state index in [9.17, 15) is 5.11 Å². The van der Waals surface area contributed by atoms with Gasteiger partial charge in [-0.1, -0.05) is 12.2 Å². The summed E-state index contributed by atoms with van der Waals surface area (Å²) in [6.45, 7) is 1.88. The standard InChI is InChI=1S/C14H14N2OS/c1-9-6-12(5-4-11(9)8-15)16-14(18)7-13(17)10-2-3-10/h4-7,10,17H,2-3H2,1H3,(H,16,18)/b13-7+. The van der Waals surface area contributed by atoms with Gasteiger partial charge in [-0.25, -0.2) is 0 Å². The summed E-state index contributed by atoms with van der Waals surface area (Å²) in [7, 11) is 0. The number of aliphatic hydroxyl groups excluding tert-OH is 1. The first-order valence-electron chi connectivity index (χ1n) is 5.82. The van der Waals surface area contributed by atoms with Crippen molar-refractivity contribution in [1.29, 1.82) is 5.26 Å². The monoisotopic (exact) mass is 258 g/mol. The molecule has 0 amide bonds. The Labute approximate surface area is 112 Å². The SMILES string of the molecule is Cc1cc(NC(=S)/C=C(/O)C2CC2)ccc1C#N. The van der Waals surface area contributed by atoms with Crippen LogP contribution in [-0.2, 0) is 0 Å². The van der Waals surface area contributed by atoms with Crippen molar-refractivity contribution >= 4 is 22.9 Å². The number of aliphatic hydroxyl groups is 1. The maximum absolute atomic E-state index is 9.66. The zero-order chi connectivity index (χ0) is 13.1. The fourth-order valence-corrected chi connectivity index (χ4v) is 1.92. The van der Waals surface area contributed by atoms with Crippen molar-refractivity contribution < 1.29 is 5.11 Å². The van der Waals surface area contributed by atoms with Crippen LogP contribution in [0.1, 0.15) is 24.0 Å². The Kier molecular flexibility index (Phi) is 3.63. The van der Waals surface area contributed by atoms with Crippen molar-refractivity contribution in [1.82, 2.24) is 0 Å². The zero-order valence-corrected chi connectivity index (χ0v) is 10.9. The molecule has 0 radical (unpaired) electrons. The van der Waals surface area contributed by atoms with Crippen LogP contribution in [0.4, 0.5) is 5.69 Å². The van der Waals surface area contributed by atoms with Gasteiger partial charge in [0, 0.05) is 17.7 Å². The number of hydrogen-bond acceptors (Lipinski definition) is 3. The number of aryl methyl sites for hydroxylation is 1. The van der Waals surface area contributed by atoms with E-state index in [0.29, 0.717) is 22.2 Å². The van der Waals surface area contributed by atoms with Gasteiger partial charge in [-0.2, -0.15) is 5.26 Å². The molecule has 0 aliphatic heterocycles. The molecule has 1 aromatic rings. The number of allylic oxidation sites excluding steroid dienone is 1. The van der Waals surface area contributed by atoms with E-state index < -0.39 is 0 Å². The van der Waals surface area contributed by atoms with Gasteiger partial charge in [0.15, 0.2) is 0 Å². The highest BCUT2D eigenvalue weighted by Crippen LogP contribution is 2.34. The molecule has 0 aromatic heterocycles.